The van der Waals surface area contributed by atoms with E-state index >= 15 is 0 Å². The van der Waals surface area contributed by atoms with E-state index in [9.17, 15) is 10.2 Å². The average Bonchev–Trinajstić information content (AvgIpc) is 2.39. The molecule has 2 aromatic carbocycles. The van der Waals surface area contributed by atoms with Crippen molar-refractivity contribution in [1.82, 2.24) is 0 Å². The summed E-state index contributed by atoms with van der Waals surface area (Å²) in [5.41, 5.74) is 0. The molecule has 0 amide bonds. The van der Waals surface area contributed by atoms with Gasteiger partial charge in [0.25, 0.3) is 0 Å². The summed E-state index contributed by atoms with van der Waals surface area (Å²) in [6, 6.07) is 11.4. The first-order chi connectivity index (χ1) is 8.95. The molecule has 0 unspecified atom stereocenters. The molecule has 0 aliphatic heterocycles. The number of rotatable bonds is 3. The summed E-state index contributed by atoms with van der Waals surface area (Å²) < 4.78 is 6.62. The van der Waals surface area contributed by atoms with Crippen LogP contribution in [0, 0.1) is 0 Å². The topological polar surface area (TPSA) is 49.7 Å². The minimum absolute atomic E-state index is 0.0453. The van der Waals surface area contributed by atoms with E-state index in [0.717, 1.165) is 7.22 Å². The van der Waals surface area contributed by atoms with Crippen LogP contribution in [0.25, 0.3) is 0 Å². The number of benzene rings is 2. The molecule has 0 atom stereocenters. The molecule has 0 bridgehead atoms. The quantitative estimate of drug-likeness (QED) is 0.757. The molecule has 0 fully saturated rings. The molecule has 19 heavy (non-hydrogen) atoms. The van der Waals surface area contributed by atoms with Crippen molar-refractivity contribution in [2.24, 2.45) is 0 Å². The van der Waals surface area contributed by atoms with Gasteiger partial charge >= 0.3 is 123 Å². The third-order valence-corrected chi connectivity index (χ3v) is 12.2. The van der Waals surface area contributed by atoms with Gasteiger partial charge in [-0.15, -0.1) is 0 Å². The van der Waals surface area contributed by atoms with Gasteiger partial charge in [-0.3, -0.25) is 0 Å². The van der Waals surface area contributed by atoms with E-state index in [0.29, 0.717) is 5.75 Å². The summed E-state index contributed by atoms with van der Waals surface area (Å²) in [5, 5.41) is 18.9. The number of phenolic OH excluding ortho intramolecular Hbond substituents is 2. The Morgan fingerprint density at radius 3 is 2.11 bits per heavy atom. The first-order valence-corrected chi connectivity index (χ1v) is 13.6. The molecule has 0 saturated heterocycles. The van der Waals surface area contributed by atoms with E-state index in [1.54, 1.807) is 36.4 Å². The summed E-state index contributed by atoms with van der Waals surface area (Å²) in [7, 11) is 14.6. The molecule has 3 nitrogen and oxygen atoms in total. The second kappa shape index (κ2) is 5.68. The van der Waals surface area contributed by atoms with Gasteiger partial charge in [0.2, 0.25) is 0 Å². The van der Waals surface area contributed by atoms with E-state index in [2.05, 4.69) is 0 Å². The van der Waals surface area contributed by atoms with Crippen LogP contribution >= 0.6 is 17.9 Å². The van der Waals surface area contributed by atoms with E-state index in [4.69, 9.17) is 22.7 Å². The Kier molecular flexibility index (Phi) is 4.37. The summed E-state index contributed by atoms with van der Waals surface area (Å²) in [6.07, 6.45) is 0. The van der Waals surface area contributed by atoms with Gasteiger partial charge in [-0.2, -0.15) is 0 Å². The van der Waals surface area contributed by atoms with Crippen molar-refractivity contribution in [3.8, 4) is 17.2 Å². The van der Waals surface area contributed by atoms with Crippen molar-refractivity contribution in [2.45, 2.75) is 0 Å². The first-order valence-electron chi connectivity index (χ1n) is 5.34. The number of hydrogen-bond donors (Lipinski definition) is 2. The van der Waals surface area contributed by atoms with Gasteiger partial charge < -0.3 is 0 Å². The monoisotopic (exact) mass is 416 g/mol. The third-order valence-electron chi connectivity index (χ3n) is 2.58. The number of aromatic hydroxyl groups is 2. The van der Waals surface area contributed by atoms with Gasteiger partial charge in [0, 0.05) is 0 Å². The van der Waals surface area contributed by atoms with Crippen molar-refractivity contribution in [3.63, 3.8) is 0 Å². The van der Waals surface area contributed by atoms with Crippen LogP contribution in [0.15, 0.2) is 42.5 Å². The molecule has 0 aliphatic carbocycles. The predicted molar refractivity (Wildman–Crippen MR) is 79.5 cm³/mol. The van der Waals surface area contributed by atoms with Crippen molar-refractivity contribution >= 4 is 41.1 Å². The van der Waals surface area contributed by atoms with E-state index in [1.165, 1.54) is 13.2 Å². The average molecular weight is 415 g/mol. The number of ether oxygens (including phenoxy) is 1. The molecule has 102 valence electrons. The zero-order valence-corrected chi connectivity index (χ0v) is 13.9. The Balaban J connectivity index is 2.46. The van der Waals surface area contributed by atoms with Crippen LogP contribution in [0.5, 0.6) is 17.2 Å². The molecule has 0 radical (unpaired) electrons. The Morgan fingerprint density at radius 1 is 0.947 bits per heavy atom. The maximum atomic E-state index is 9.58. The molecule has 0 heterocycles. The van der Waals surface area contributed by atoms with Gasteiger partial charge in [-0.25, -0.2) is 0 Å². The minimum atomic E-state index is -3.50. The van der Waals surface area contributed by atoms with Crippen LogP contribution in [0.4, 0.5) is 0 Å². The standard InChI is InChI=1S/C13H12Cl2O3Te/c1-18-13-8-11(6-7-12(13)17)19(14,15)10-4-2-9(16)3-5-10/h2-8,16-17H,1H3. The Morgan fingerprint density at radius 2 is 1.53 bits per heavy atom. The van der Waals surface area contributed by atoms with Crippen molar-refractivity contribution in [3.05, 3.63) is 42.5 Å². The molecule has 2 aromatic rings. The molecule has 2 N–H and O–H groups in total. The molecule has 0 spiro atoms. The predicted octanol–water partition coefficient (Wildman–Crippen LogP) is 2.14. The van der Waals surface area contributed by atoms with Crippen LogP contribution in [-0.4, -0.2) is 33.3 Å². The zero-order chi connectivity index (χ0) is 14.0. The number of hydrogen-bond acceptors (Lipinski definition) is 3. The van der Waals surface area contributed by atoms with E-state index in [-0.39, 0.29) is 11.5 Å². The van der Waals surface area contributed by atoms with Gasteiger partial charge in [0.1, 0.15) is 0 Å². The van der Waals surface area contributed by atoms with Gasteiger partial charge in [0.15, 0.2) is 0 Å². The van der Waals surface area contributed by atoms with Crippen LogP contribution in [0.2, 0.25) is 0 Å². The van der Waals surface area contributed by atoms with Crippen molar-refractivity contribution < 1.29 is 14.9 Å². The molecular formula is C13H12Cl2O3Te. The Bertz CT molecular complexity index is 585. The fourth-order valence-corrected chi connectivity index (χ4v) is 7.79. The van der Waals surface area contributed by atoms with Gasteiger partial charge in [-0.05, 0) is 0 Å². The van der Waals surface area contributed by atoms with Gasteiger partial charge in [0.05, 0.1) is 0 Å². The van der Waals surface area contributed by atoms with Crippen molar-refractivity contribution in [1.29, 1.82) is 0 Å². The van der Waals surface area contributed by atoms with Crippen LogP contribution in [0.1, 0.15) is 0 Å². The Hall–Kier alpha value is -0.790. The molecule has 6 heteroatoms. The molecule has 0 aliphatic rings. The van der Waals surface area contributed by atoms with Crippen LogP contribution in [-0.2, 0) is 0 Å². The second-order valence-electron chi connectivity index (χ2n) is 3.80. The maximum absolute atomic E-state index is 9.58. The van der Waals surface area contributed by atoms with E-state index < -0.39 is 15.9 Å². The SMILES string of the molecule is COc1cc([Te](Cl)(Cl)c2ccc(O)cc2)ccc1O. The molecule has 2 rings (SSSR count). The summed E-state index contributed by atoms with van der Waals surface area (Å²) in [4.78, 5) is 0. The first kappa shape index (κ1) is 14.6. The second-order valence-corrected chi connectivity index (χ2v) is 16.4. The number of phenols is 2. The molecular weight excluding hydrogens is 403 g/mol. The van der Waals surface area contributed by atoms with Crippen molar-refractivity contribution in [2.75, 3.05) is 7.11 Å². The summed E-state index contributed by atoms with van der Waals surface area (Å²) >= 11 is -3.50. The third kappa shape index (κ3) is 3.04. The Labute approximate surface area is 122 Å². The molecule has 0 saturated carbocycles. The fraction of sp³-hybridized carbons (Fsp3) is 0.0769. The van der Waals surface area contributed by atoms with Crippen LogP contribution < -0.4 is 12.0 Å². The normalized spacial score (nSPS) is 12.2. The summed E-state index contributed by atoms with van der Waals surface area (Å²) in [5.74, 6) is 0.552. The summed E-state index contributed by atoms with van der Waals surface area (Å²) in [6.45, 7) is 0. The fourth-order valence-electron chi connectivity index (χ4n) is 1.57. The molecule has 0 aromatic heterocycles. The number of halogens is 2. The van der Waals surface area contributed by atoms with Gasteiger partial charge in [-0.1, -0.05) is 0 Å². The van der Waals surface area contributed by atoms with Crippen LogP contribution in [0.3, 0.4) is 0 Å². The zero-order valence-electron chi connectivity index (χ0n) is 10.0. The van der Waals surface area contributed by atoms with E-state index in [1.807, 2.05) is 0 Å². The number of methoxy groups -OCH3 is 1.